The van der Waals surface area contributed by atoms with Crippen molar-refractivity contribution in [2.45, 2.75) is 0 Å². The van der Waals surface area contributed by atoms with Crippen molar-refractivity contribution in [3.05, 3.63) is 21.8 Å². The quantitative estimate of drug-likeness (QED) is 0.485. The maximum Gasteiger partial charge on any atom is 0.338 e. The summed E-state index contributed by atoms with van der Waals surface area (Å²) in [5.41, 5.74) is -0.368. The molecule has 8 heteroatoms. The molecule has 0 atom stereocenters. The summed E-state index contributed by atoms with van der Waals surface area (Å²) >= 11 is 5.01. The van der Waals surface area contributed by atoms with Gasteiger partial charge in [0, 0.05) is 3.57 Å². The molecule has 0 aromatic heterocycles. The lowest BCUT2D eigenvalue weighted by atomic mass is 10.1. The van der Waals surface area contributed by atoms with E-state index in [2.05, 4.69) is 0 Å². The zero-order chi connectivity index (χ0) is 12.6. The Morgan fingerprint density at radius 1 is 0.812 bits per heavy atom. The number of carbonyl (C=O) groups is 2. The van der Waals surface area contributed by atoms with Crippen molar-refractivity contribution >= 4 is 79.7 Å². The van der Waals surface area contributed by atoms with E-state index in [1.807, 2.05) is 0 Å². The van der Waals surface area contributed by atoms with E-state index in [0.29, 0.717) is 0 Å². The Morgan fingerprint density at radius 3 is 1.38 bits per heavy atom. The molecule has 0 aliphatic rings. The van der Waals surface area contributed by atoms with Crippen LogP contribution >= 0.6 is 67.8 Å². The first-order chi connectivity index (χ1) is 7.29. The molecule has 0 aliphatic carbocycles. The fourth-order valence-electron chi connectivity index (χ4n) is 1.03. The predicted molar refractivity (Wildman–Crippen MR) is 80.2 cm³/mol. The highest BCUT2D eigenvalue weighted by atomic mass is 127. The summed E-state index contributed by atoms with van der Waals surface area (Å²) in [6.45, 7) is 0. The number of aromatic hydroxyl groups is 1. The summed E-state index contributed by atoms with van der Waals surface area (Å²) in [7, 11) is 0. The van der Waals surface area contributed by atoms with E-state index in [1.54, 1.807) is 67.8 Å². The van der Waals surface area contributed by atoms with Crippen molar-refractivity contribution in [2.24, 2.45) is 0 Å². The standard InChI is InChI=1S/C8H3I3O5/c9-3-1(7(13)14)4(10)6(12)5(11)2(3)8(15)16/h12H,(H,13,14)(H,15,16). The van der Waals surface area contributed by atoms with Gasteiger partial charge < -0.3 is 15.3 Å². The van der Waals surface area contributed by atoms with Crippen molar-refractivity contribution in [3.8, 4) is 5.75 Å². The monoisotopic (exact) mass is 560 g/mol. The van der Waals surface area contributed by atoms with Crippen LogP contribution in [0.4, 0.5) is 0 Å². The van der Waals surface area contributed by atoms with Gasteiger partial charge in [-0.3, -0.25) is 0 Å². The number of halogens is 3. The van der Waals surface area contributed by atoms with E-state index in [-0.39, 0.29) is 27.6 Å². The average molecular weight is 560 g/mol. The first-order valence-electron chi connectivity index (χ1n) is 3.65. The van der Waals surface area contributed by atoms with E-state index in [4.69, 9.17) is 10.2 Å². The van der Waals surface area contributed by atoms with Crippen molar-refractivity contribution in [2.75, 3.05) is 0 Å². The number of aromatic carboxylic acids is 2. The fraction of sp³-hybridized carbons (Fsp3) is 0. The molecule has 5 nitrogen and oxygen atoms in total. The number of carboxylic acid groups (broad SMARTS) is 2. The first-order valence-corrected chi connectivity index (χ1v) is 6.88. The minimum Gasteiger partial charge on any atom is -0.506 e. The van der Waals surface area contributed by atoms with Crippen LogP contribution in [0.1, 0.15) is 20.7 Å². The number of rotatable bonds is 2. The molecule has 0 unspecified atom stereocenters. The number of carboxylic acids is 2. The molecule has 0 bridgehead atoms. The molecule has 0 amide bonds. The van der Waals surface area contributed by atoms with Crippen LogP contribution in [0.5, 0.6) is 5.75 Å². The third-order valence-electron chi connectivity index (χ3n) is 1.72. The summed E-state index contributed by atoms with van der Waals surface area (Å²) in [5, 5.41) is 27.5. The third-order valence-corrected chi connectivity index (χ3v) is 4.90. The second-order valence-electron chi connectivity index (χ2n) is 2.65. The summed E-state index contributed by atoms with van der Waals surface area (Å²) in [6.07, 6.45) is 0. The molecular formula is C8H3I3O5. The Balaban J connectivity index is 3.80. The van der Waals surface area contributed by atoms with Gasteiger partial charge in [0.1, 0.15) is 5.75 Å². The van der Waals surface area contributed by atoms with Gasteiger partial charge in [-0.15, -0.1) is 0 Å². The fourth-order valence-corrected chi connectivity index (χ4v) is 5.12. The summed E-state index contributed by atoms with van der Waals surface area (Å²) in [4.78, 5) is 21.9. The molecule has 1 aromatic carbocycles. The summed E-state index contributed by atoms with van der Waals surface area (Å²) in [5.74, 6) is -2.83. The van der Waals surface area contributed by atoms with E-state index in [1.165, 1.54) is 0 Å². The van der Waals surface area contributed by atoms with Crippen LogP contribution in [-0.2, 0) is 0 Å². The zero-order valence-corrected chi connectivity index (χ0v) is 13.8. The molecule has 3 N–H and O–H groups in total. The minimum absolute atomic E-state index is 0.115. The van der Waals surface area contributed by atoms with Gasteiger partial charge in [0.05, 0.1) is 18.3 Å². The van der Waals surface area contributed by atoms with Gasteiger partial charge in [-0.2, -0.15) is 0 Å². The molecule has 0 fully saturated rings. The highest BCUT2D eigenvalue weighted by molar-refractivity contribution is 14.1. The number of hydrogen-bond acceptors (Lipinski definition) is 3. The van der Waals surface area contributed by atoms with Crippen molar-refractivity contribution in [3.63, 3.8) is 0 Å². The van der Waals surface area contributed by atoms with E-state index in [0.717, 1.165) is 0 Å². The molecular weight excluding hydrogens is 557 g/mol. The Morgan fingerprint density at radius 2 is 1.12 bits per heavy atom. The van der Waals surface area contributed by atoms with Crippen LogP contribution in [0.25, 0.3) is 0 Å². The van der Waals surface area contributed by atoms with Gasteiger partial charge in [-0.05, 0) is 67.8 Å². The Hall–Kier alpha value is 0.150. The maximum absolute atomic E-state index is 11.0. The Labute approximate surface area is 131 Å². The maximum atomic E-state index is 11.0. The second kappa shape index (κ2) is 5.20. The highest BCUT2D eigenvalue weighted by Gasteiger charge is 2.27. The first kappa shape index (κ1) is 14.2. The normalized spacial score (nSPS) is 10.2. The molecule has 0 aliphatic heterocycles. The van der Waals surface area contributed by atoms with Gasteiger partial charge in [-0.1, -0.05) is 0 Å². The Kier molecular flexibility index (Phi) is 4.62. The molecule has 0 saturated heterocycles. The molecule has 1 aromatic rings. The van der Waals surface area contributed by atoms with Crippen LogP contribution in [0.15, 0.2) is 0 Å². The average Bonchev–Trinajstić information content (AvgIpc) is 2.13. The van der Waals surface area contributed by atoms with E-state index in [9.17, 15) is 14.7 Å². The summed E-state index contributed by atoms with van der Waals surface area (Å²) < 4.78 is 0.400. The predicted octanol–water partition coefficient (Wildman–Crippen LogP) is 2.60. The van der Waals surface area contributed by atoms with Crippen LogP contribution in [0, 0.1) is 10.7 Å². The molecule has 0 radical (unpaired) electrons. The lowest BCUT2D eigenvalue weighted by Gasteiger charge is -2.11. The smallest absolute Gasteiger partial charge is 0.338 e. The molecule has 0 spiro atoms. The minimum atomic E-state index is -1.26. The summed E-state index contributed by atoms with van der Waals surface area (Å²) in [6, 6.07) is 0. The van der Waals surface area contributed by atoms with Crippen LogP contribution < -0.4 is 0 Å². The third kappa shape index (κ3) is 2.37. The number of hydrogen-bond donors (Lipinski definition) is 3. The van der Waals surface area contributed by atoms with Crippen LogP contribution in [0.3, 0.4) is 0 Å². The van der Waals surface area contributed by atoms with Crippen LogP contribution in [-0.4, -0.2) is 27.3 Å². The SMILES string of the molecule is O=C(O)c1c(I)c(O)c(I)c(C(=O)O)c1I. The van der Waals surface area contributed by atoms with Crippen molar-refractivity contribution < 1.29 is 24.9 Å². The van der Waals surface area contributed by atoms with Gasteiger partial charge in [-0.25, -0.2) is 9.59 Å². The highest BCUT2D eigenvalue weighted by Crippen LogP contribution is 2.36. The second-order valence-corrected chi connectivity index (χ2v) is 5.89. The van der Waals surface area contributed by atoms with E-state index < -0.39 is 11.9 Å². The van der Waals surface area contributed by atoms with Gasteiger partial charge in [0.2, 0.25) is 0 Å². The number of phenolic OH excluding ortho intramolecular Hbond substituents is 1. The zero-order valence-electron chi connectivity index (χ0n) is 7.29. The Bertz CT molecular complexity index is 456. The number of phenols is 1. The topological polar surface area (TPSA) is 94.8 Å². The van der Waals surface area contributed by atoms with Gasteiger partial charge >= 0.3 is 11.9 Å². The van der Waals surface area contributed by atoms with Crippen molar-refractivity contribution in [1.82, 2.24) is 0 Å². The van der Waals surface area contributed by atoms with E-state index >= 15 is 0 Å². The molecule has 0 heterocycles. The van der Waals surface area contributed by atoms with Crippen LogP contribution in [0.2, 0.25) is 0 Å². The lowest BCUT2D eigenvalue weighted by molar-refractivity contribution is 0.0693. The molecule has 86 valence electrons. The lowest BCUT2D eigenvalue weighted by Crippen LogP contribution is -2.12. The van der Waals surface area contributed by atoms with Gasteiger partial charge in [0.15, 0.2) is 0 Å². The molecule has 16 heavy (non-hydrogen) atoms. The largest absolute Gasteiger partial charge is 0.506 e. The van der Waals surface area contributed by atoms with Gasteiger partial charge in [0.25, 0.3) is 0 Å². The number of benzene rings is 1. The van der Waals surface area contributed by atoms with Crippen molar-refractivity contribution in [1.29, 1.82) is 0 Å². The molecule has 0 saturated carbocycles. The molecule has 1 rings (SSSR count).